The van der Waals surface area contributed by atoms with Crippen molar-refractivity contribution in [2.24, 2.45) is 5.73 Å². The Morgan fingerprint density at radius 2 is 1.60 bits per heavy atom. The van der Waals surface area contributed by atoms with E-state index in [0.717, 1.165) is 12.8 Å². The number of rotatable bonds is 10. The smallest absolute Gasteiger partial charge is 0.338 e. The Kier molecular flexibility index (Phi) is 8.76. The zero-order chi connectivity index (χ0) is 22.1. The summed E-state index contributed by atoms with van der Waals surface area (Å²) >= 11 is 0. The van der Waals surface area contributed by atoms with Crippen LogP contribution in [0.1, 0.15) is 50.4 Å². The van der Waals surface area contributed by atoms with E-state index >= 15 is 0 Å². The summed E-state index contributed by atoms with van der Waals surface area (Å²) in [5, 5.41) is 0. The second-order valence-electron chi connectivity index (χ2n) is 6.68. The zero-order valence-corrected chi connectivity index (χ0v) is 17.8. The molecule has 1 fully saturated rings. The number of nitrogens with two attached hydrogens (primary N) is 1. The fourth-order valence-electron chi connectivity index (χ4n) is 3.33. The summed E-state index contributed by atoms with van der Waals surface area (Å²) in [6.07, 6.45) is 2.12. The van der Waals surface area contributed by atoms with Crippen LogP contribution in [-0.4, -0.2) is 61.7 Å². The lowest BCUT2D eigenvalue weighted by Crippen LogP contribution is -2.51. The lowest BCUT2D eigenvalue weighted by molar-refractivity contribution is -0.143. The van der Waals surface area contributed by atoms with Crippen molar-refractivity contribution in [2.45, 2.75) is 46.1 Å². The first-order chi connectivity index (χ1) is 14.4. The van der Waals surface area contributed by atoms with Crippen LogP contribution in [0.3, 0.4) is 0 Å². The molecule has 0 aromatic heterocycles. The van der Waals surface area contributed by atoms with E-state index in [0.29, 0.717) is 50.0 Å². The first-order valence-corrected chi connectivity index (χ1v) is 10.2. The van der Waals surface area contributed by atoms with Crippen molar-refractivity contribution in [1.82, 2.24) is 4.90 Å². The van der Waals surface area contributed by atoms with Gasteiger partial charge in [0, 0.05) is 6.54 Å². The van der Waals surface area contributed by atoms with Gasteiger partial charge in [-0.15, -0.1) is 0 Å². The number of carbonyl (C=O) groups excluding carboxylic acids is 3. The predicted molar refractivity (Wildman–Crippen MR) is 109 cm³/mol. The van der Waals surface area contributed by atoms with Crippen molar-refractivity contribution in [3.8, 4) is 17.2 Å². The van der Waals surface area contributed by atoms with Crippen LogP contribution in [0.5, 0.6) is 17.2 Å². The number of hydrogen-bond donors (Lipinski definition) is 1. The van der Waals surface area contributed by atoms with Crippen LogP contribution in [0.15, 0.2) is 12.1 Å². The molecule has 1 aromatic carbocycles. The third kappa shape index (κ3) is 5.77. The average Bonchev–Trinajstić information content (AvgIpc) is 2.74. The molecule has 166 valence electrons. The highest BCUT2D eigenvalue weighted by Crippen LogP contribution is 2.39. The fraction of sp³-hybridized carbons (Fsp3) is 0.571. The number of hydrogen-bond acceptors (Lipinski definition) is 7. The summed E-state index contributed by atoms with van der Waals surface area (Å²) in [7, 11) is 0. The van der Waals surface area contributed by atoms with Gasteiger partial charge in [0.2, 0.25) is 11.7 Å². The number of nitrogens with zero attached hydrogens (tertiary/aromatic N) is 1. The van der Waals surface area contributed by atoms with Crippen molar-refractivity contribution >= 4 is 17.8 Å². The third-order valence-electron chi connectivity index (χ3n) is 4.62. The number of amides is 2. The van der Waals surface area contributed by atoms with Crippen molar-refractivity contribution in [3.05, 3.63) is 17.7 Å². The van der Waals surface area contributed by atoms with Gasteiger partial charge in [-0.05, 0) is 52.2 Å². The van der Waals surface area contributed by atoms with Crippen LogP contribution in [0.2, 0.25) is 0 Å². The molecule has 0 aliphatic carbocycles. The molecule has 9 nitrogen and oxygen atoms in total. The predicted octanol–water partition coefficient (Wildman–Crippen LogP) is 1.91. The monoisotopic (exact) mass is 422 g/mol. The number of piperidine rings is 1. The number of ether oxygens (including phenoxy) is 4. The SMILES string of the molecule is CCOc1cc(C(=O)OCC(=O)N2CCCC[C@@H]2C(N)=O)cc(OCC)c1OCC. The number of carbonyl (C=O) groups is 3. The Labute approximate surface area is 176 Å². The lowest BCUT2D eigenvalue weighted by atomic mass is 10.0. The Hall–Kier alpha value is -2.97. The highest BCUT2D eigenvalue weighted by atomic mass is 16.5. The van der Waals surface area contributed by atoms with E-state index in [-0.39, 0.29) is 5.56 Å². The lowest BCUT2D eigenvalue weighted by Gasteiger charge is -2.33. The van der Waals surface area contributed by atoms with Crippen LogP contribution >= 0.6 is 0 Å². The molecule has 1 aliphatic heterocycles. The first kappa shape index (κ1) is 23.3. The van der Waals surface area contributed by atoms with Crippen molar-refractivity contribution < 1.29 is 33.3 Å². The first-order valence-electron chi connectivity index (χ1n) is 10.2. The van der Waals surface area contributed by atoms with Gasteiger partial charge in [0.05, 0.1) is 25.4 Å². The van der Waals surface area contributed by atoms with E-state index in [2.05, 4.69) is 0 Å². The molecule has 2 N–H and O–H groups in total. The molecule has 0 radical (unpaired) electrons. The molecule has 0 spiro atoms. The number of likely N-dealkylation sites (tertiary alicyclic amines) is 1. The molecule has 1 heterocycles. The Bertz CT molecular complexity index is 739. The quantitative estimate of drug-likeness (QED) is 0.572. The minimum Gasteiger partial charge on any atom is -0.490 e. The van der Waals surface area contributed by atoms with Crippen LogP contribution in [0, 0.1) is 0 Å². The minimum atomic E-state index is -0.707. The minimum absolute atomic E-state index is 0.170. The number of primary amides is 1. The molecule has 9 heteroatoms. The summed E-state index contributed by atoms with van der Waals surface area (Å²) < 4.78 is 22.0. The molecule has 2 rings (SSSR count). The number of benzene rings is 1. The molecule has 0 bridgehead atoms. The standard InChI is InChI=1S/C21H30N2O7/c1-4-27-16-11-14(12-17(28-5-2)19(16)29-6-3)21(26)30-13-18(24)23-10-8-7-9-15(23)20(22)25/h11-12,15H,4-10,13H2,1-3H3,(H2,22,25)/t15-/m1/s1. The normalized spacial score (nSPS) is 16.0. The van der Waals surface area contributed by atoms with E-state index in [1.807, 2.05) is 20.8 Å². The molecular weight excluding hydrogens is 392 g/mol. The van der Waals surface area contributed by atoms with Gasteiger partial charge in [0.25, 0.3) is 5.91 Å². The van der Waals surface area contributed by atoms with Gasteiger partial charge in [-0.1, -0.05) is 0 Å². The average molecular weight is 422 g/mol. The van der Waals surface area contributed by atoms with Crippen LogP contribution in [0.4, 0.5) is 0 Å². The topological polar surface area (TPSA) is 117 Å². The van der Waals surface area contributed by atoms with Crippen LogP contribution in [0.25, 0.3) is 0 Å². The van der Waals surface area contributed by atoms with Gasteiger partial charge in [-0.3, -0.25) is 9.59 Å². The van der Waals surface area contributed by atoms with Gasteiger partial charge in [-0.25, -0.2) is 4.79 Å². The molecule has 1 atom stereocenters. The maximum Gasteiger partial charge on any atom is 0.338 e. The van der Waals surface area contributed by atoms with Gasteiger partial charge >= 0.3 is 5.97 Å². The van der Waals surface area contributed by atoms with Crippen molar-refractivity contribution in [2.75, 3.05) is 33.0 Å². The van der Waals surface area contributed by atoms with E-state index in [1.165, 1.54) is 17.0 Å². The molecule has 30 heavy (non-hydrogen) atoms. The molecule has 2 amide bonds. The van der Waals surface area contributed by atoms with Gasteiger partial charge < -0.3 is 29.6 Å². The zero-order valence-electron chi connectivity index (χ0n) is 17.8. The number of esters is 1. The van der Waals surface area contributed by atoms with Crippen LogP contribution < -0.4 is 19.9 Å². The van der Waals surface area contributed by atoms with Crippen molar-refractivity contribution in [1.29, 1.82) is 0 Å². The summed E-state index contributed by atoms with van der Waals surface area (Å²) in [6.45, 7) is 6.52. The molecular formula is C21H30N2O7. The van der Waals surface area contributed by atoms with E-state index < -0.39 is 30.4 Å². The molecule has 0 saturated carbocycles. The van der Waals surface area contributed by atoms with Gasteiger partial charge in [0.1, 0.15) is 6.04 Å². The van der Waals surface area contributed by atoms with E-state index in [4.69, 9.17) is 24.7 Å². The highest BCUT2D eigenvalue weighted by molar-refractivity contribution is 5.93. The molecule has 1 aliphatic rings. The third-order valence-corrected chi connectivity index (χ3v) is 4.62. The summed E-state index contributed by atoms with van der Waals surface area (Å²) in [5.41, 5.74) is 5.56. The van der Waals surface area contributed by atoms with Gasteiger partial charge in [0.15, 0.2) is 18.1 Å². The molecule has 0 unspecified atom stereocenters. The van der Waals surface area contributed by atoms with Gasteiger partial charge in [-0.2, -0.15) is 0 Å². The fourth-order valence-corrected chi connectivity index (χ4v) is 3.33. The summed E-state index contributed by atoms with van der Waals surface area (Å²) in [6, 6.07) is 2.33. The van der Waals surface area contributed by atoms with Crippen molar-refractivity contribution in [3.63, 3.8) is 0 Å². The Morgan fingerprint density at radius 1 is 1.00 bits per heavy atom. The Balaban J connectivity index is 2.15. The second-order valence-corrected chi connectivity index (χ2v) is 6.68. The highest BCUT2D eigenvalue weighted by Gasteiger charge is 2.31. The maximum absolute atomic E-state index is 12.6. The second kappa shape index (κ2) is 11.3. The molecule has 1 aromatic rings. The summed E-state index contributed by atoms with van der Waals surface area (Å²) in [5.74, 6) is -0.592. The van der Waals surface area contributed by atoms with E-state index in [1.54, 1.807) is 0 Å². The Morgan fingerprint density at radius 3 is 2.13 bits per heavy atom. The maximum atomic E-state index is 12.6. The largest absolute Gasteiger partial charge is 0.490 e. The summed E-state index contributed by atoms with van der Waals surface area (Å²) in [4.78, 5) is 38.1. The van der Waals surface area contributed by atoms with E-state index in [9.17, 15) is 14.4 Å². The molecule has 1 saturated heterocycles. The van der Waals surface area contributed by atoms with Crippen LogP contribution in [-0.2, 0) is 14.3 Å².